The third-order valence-corrected chi connectivity index (χ3v) is 4.35. The normalized spacial score (nSPS) is 10.7. The van der Waals surface area contributed by atoms with Gasteiger partial charge in [-0.15, -0.1) is 5.10 Å². The summed E-state index contributed by atoms with van der Waals surface area (Å²) in [4.78, 5) is 12.5. The molecule has 2 aromatic heterocycles. The van der Waals surface area contributed by atoms with E-state index >= 15 is 0 Å². The van der Waals surface area contributed by atoms with E-state index < -0.39 is 0 Å². The lowest BCUT2D eigenvalue weighted by atomic mass is 10.1. The summed E-state index contributed by atoms with van der Waals surface area (Å²) in [5, 5.41) is 18.6. The molecule has 8 nitrogen and oxygen atoms in total. The van der Waals surface area contributed by atoms with Crippen molar-refractivity contribution in [3.63, 3.8) is 0 Å². The van der Waals surface area contributed by atoms with Crippen LogP contribution in [0.3, 0.4) is 0 Å². The number of carbonyl (C=O) groups is 1. The smallest absolute Gasteiger partial charge is 0.255 e. The number of rotatable bonds is 4. The topological polar surface area (TPSA) is 90.5 Å². The van der Waals surface area contributed by atoms with Gasteiger partial charge in [-0.1, -0.05) is 12.1 Å². The van der Waals surface area contributed by atoms with Gasteiger partial charge in [-0.05, 0) is 62.8 Å². The second kappa shape index (κ2) is 7.12. The third-order valence-electron chi connectivity index (χ3n) is 3.94. The molecule has 4 aromatic rings. The summed E-state index contributed by atoms with van der Waals surface area (Å²) in [5.41, 5.74) is 2.91. The molecule has 0 aliphatic carbocycles. The third kappa shape index (κ3) is 3.63. The Kier molecular flexibility index (Phi) is 4.51. The van der Waals surface area contributed by atoms with Crippen LogP contribution < -0.4 is 5.32 Å². The number of amides is 1. The second-order valence-electron chi connectivity index (χ2n) is 5.81. The van der Waals surface area contributed by atoms with Crippen LogP contribution in [0.5, 0.6) is 0 Å². The van der Waals surface area contributed by atoms with Crippen molar-refractivity contribution in [3.8, 4) is 17.1 Å². The van der Waals surface area contributed by atoms with Crippen LogP contribution in [-0.2, 0) is 7.05 Å². The molecule has 0 unspecified atom stereocenters. The number of tetrazole rings is 1. The van der Waals surface area contributed by atoms with Crippen LogP contribution in [-0.4, -0.2) is 35.9 Å². The first-order valence-corrected chi connectivity index (χ1v) is 8.84. The Hall–Kier alpha value is -3.33. The number of anilines is 1. The number of nitrogens with zero attached hydrogens (tertiary/aromatic N) is 6. The average Bonchev–Trinajstić information content (AvgIpc) is 3.30. The van der Waals surface area contributed by atoms with Crippen molar-refractivity contribution in [2.45, 2.75) is 0 Å². The first kappa shape index (κ1) is 17.1. The molecule has 0 aliphatic rings. The maximum absolute atomic E-state index is 12.5. The summed E-state index contributed by atoms with van der Waals surface area (Å²) >= 11 is 3.37. The van der Waals surface area contributed by atoms with Crippen LogP contribution in [0.4, 0.5) is 5.69 Å². The number of halogens is 1. The zero-order chi connectivity index (χ0) is 18.8. The lowest BCUT2D eigenvalue weighted by Crippen LogP contribution is -2.12. The van der Waals surface area contributed by atoms with Gasteiger partial charge in [0.25, 0.3) is 5.91 Å². The van der Waals surface area contributed by atoms with Crippen molar-refractivity contribution >= 4 is 27.5 Å². The van der Waals surface area contributed by atoms with E-state index in [2.05, 4.69) is 41.9 Å². The summed E-state index contributed by atoms with van der Waals surface area (Å²) < 4.78 is 4.19. The first-order valence-electron chi connectivity index (χ1n) is 8.05. The molecule has 0 fully saturated rings. The molecule has 2 aromatic carbocycles. The van der Waals surface area contributed by atoms with Gasteiger partial charge in [0.05, 0.1) is 16.4 Å². The Morgan fingerprint density at radius 1 is 1.15 bits per heavy atom. The van der Waals surface area contributed by atoms with Gasteiger partial charge in [-0.3, -0.25) is 4.79 Å². The number of carbonyl (C=O) groups excluding carboxylic acids is 1. The molecule has 1 N–H and O–H groups in total. The molecule has 4 rings (SSSR count). The predicted molar refractivity (Wildman–Crippen MR) is 103 cm³/mol. The number of aromatic nitrogens is 6. The lowest BCUT2D eigenvalue weighted by molar-refractivity contribution is 0.102. The Bertz CT molecular complexity index is 1100. The van der Waals surface area contributed by atoms with Crippen LogP contribution in [0.15, 0.2) is 65.4 Å². The average molecular weight is 424 g/mol. The van der Waals surface area contributed by atoms with Gasteiger partial charge >= 0.3 is 0 Å². The van der Waals surface area contributed by atoms with Gasteiger partial charge in [0.2, 0.25) is 0 Å². The number of aryl methyl sites for hydroxylation is 1. The van der Waals surface area contributed by atoms with Gasteiger partial charge in [-0.25, -0.2) is 9.36 Å². The quantitative estimate of drug-likeness (QED) is 0.544. The molecule has 0 radical (unpaired) electrons. The van der Waals surface area contributed by atoms with Gasteiger partial charge < -0.3 is 5.32 Å². The van der Waals surface area contributed by atoms with Gasteiger partial charge in [0.15, 0.2) is 5.82 Å². The van der Waals surface area contributed by atoms with Crippen LogP contribution in [0.2, 0.25) is 0 Å². The number of nitrogens with one attached hydrogen (secondary N) is 1. The van der Waals surface area contributed by atoms with E-state index in [-0.39, 0.29) is 5.91 Å². The standard InChI is InChI=1S/C18H14BrN7O/c1-25-17(22-23-24-25)13-3-2-4-15(9-13)21-18(27)12-5-7-16(8-6-12)26-11-14(19)10-20-26/h2-11H,1H3,(H,21,27). The Labute approximate surface area is 163 Å². The molecule has 9 heteroatoms. The fourth-order valence-corrected chi connectivity index (χ4v) is 2.91. The van der Waals surface area contributed by atoms with E-state index in [0.29, 0.717) is 17.1 Å². The van der Waals surface area contributed by atoms with E-state index in [4.69, 9.17) is 0 Å². The van der Waals surface area contributed by atoms with Gasteiger partial charge in [-0.2, -0.15) is 5.10 Å². The fraction of sp³-hybridized carbons (Fsp3) is 0.0556. The largest absolute Gasteiger partial charge is 0.322 e. The maximum Gasteiger partial charge on any atom is 0.255 e. The summed E-state index contributed by atoms with van der Waals surface area (Å²) in [7, 11) is 1.76. The van der Waals surface area contributed by atoms with Crippen molar-refractivity contribution in [1.82, 2.24) is 30.0 Å². The molecular weight excluding hydrogens is 410 g/mol. The van der Waals surface area contributed by atoms with Crippen LogP contribution in [0.25, 0.3) is 17.1 Å². The highest BCUT2D eigenvalue weighted by Crippen LogP contribution is 2.20. The summed E-state index contributed by atoms with van der Waals surface area (Å²) in [5.74, 6) is 0.428. The molecule has 0 spiro atoms. The van der Waals surface area contributed by atoms with Crippen LogP contribution in [0.1, 0.15) is 10.4 Å². The molecule has 1 amide bonds. The molecular formula is C18H14BrN7O. The van der Waals surface area contributed by atoms with Crippen molar-refractivity contribution in [2.24, 2.45) is 7.05 Å². The van der Waals surface area contributed by atoms with Crippen molar-refractivity contribution in [2.75, 3.05) is 5.32 Å². The molecule has 0 saturated carbocycles. The molecule has 27 heavy (non-hydrogen) atoms. The molecule has 134 valence electrons. The van der Waals surface area contributed by atoms with E-state index in [1.165, 1.54) is 0 Å². The zero-order valence-electron chi connectivity index (χ0n) is 14.2. The highest BCUT2D eigenvalue weighted by atomic mass is 79.9. The molecule has 0 aliphatic heterocycles. The van der Waals surface area contributed by atoms with E-state index in [1.807, 2.05) is 42.6 Å². The molecule has 0 atom stereocenters. The highest BCUT2D eigenvalue weighted by Gasteiger charge is 2.10. The van der Waals surface area contributed by atoms with Crippen LogP contribution >= 0.6 is 15.9 Å². The predicted octanol–water partition coefficient (Wildman–Crippen LogP) is 3.08. The lowest BCUT2D eigenvalue weighted by Gasteiger charge is -2.08. The Morgan fingerprint density at radius 3 is 2.63 bits per heavy atom. The van der Waals surface area contributed by atoms with Crippen LogP contribution in [0, 0.1) is 0 Å². The first-order chi connectivity index (χ1) is 13.1. The summed E-state index contributed by atoms with van der Waals surface area (Å²) in [6.45, 7) is 0. The monoisotopic (exact) mass is 423 g/mol. The van der Waals surface area contributed by atoms with E-state index in [9.17, 15) is 4.79 Å². The minimum absolute atomic E-state index is 0.198. The summed E-state index contributed by atoms with van der Waals surface area (Å²) in [6, 6.07) is 14.6. The fourth-order valence-electron chi connectivity index (χ4n) is 2.62. The Morgan fingerprint density at radius 2 is 1.96 bits per heavy atom. The van der Waals surface area contributed by atoms with Crippen molar-refractivity contribution < 1.29 is 4.79 Å². The van der Waals surface area contributed by atoms with E-state index in [1.54, 1.807) is 34.7 Å². The molecule has 0 saturated heterocycles. The number of benzene rings is 2. The second-order valence-corrected chi connectivity index (χ2v) is 6.73. The number of hydrogen-bond acceptors (Lipinski definition) is 5. The van der Waals surface area contributed by atoms with Crippen molar-refractivity contribution in [3.05, 3.63) is 71.0 Å². The SMILES string of the molecule is Cn1nnnc1-c1cccc(NC(=O)c2ccc(-n3cc(Br)cn3)cc2)c1. The minimum Gasteiger partial charge on any atom is -0.322 e. The molecule has 2 heterocycles. The highest BCUT2D eigenvalue weighted by molar-refractivity contribution is 9.10. The van der Waals surface area contributed by atoms with Gasteiger partial charge in [0, 0.05) is 30.1 Å². The van der Waals surface area contributed by atoms with Gasteiger partial charge in [0.1, 0.15) is 0 Å². The zero-order valence-corrected chi connectivity index (χ0v) is 15.8. The van der Waals surface area contributed by atoms with Crippen molar-refractivity contribution in [1.29, 1.82) is 0 Å². The summed E-state index contributed by atoms with van der Waals surface area (Å²) in [6.07, 6.45) is 3.56. The minimum atomic E-state index is -0.198. The van der Waals surface area contributed by atoms with E-state index in [0.717, 1.165) is 15.7 Å². The molecule has 0 bridgehead atoms. The number of hydrogen-bond donors (Lipinski definition) is 1. The maximum atomic E-state index is 12.5. The Balaban J connectivity index is 1.52.